The van der Waals surface area contributed by atoms with Gasteiger partial charge in [-0.25, -0.2) is 0 Å². The summed E-state index contributed by atoms with van der Waals surface area (Å²) in [5.74, 6) is 0.913. The Kier molecular flexibility index (Phi) is 4.77. The summed E-state index contributed by atoms with van der Waals surface area (Å²) >= 11 is 7.36. The normalized spacial score (nSPS) is 23.1. The monoisotopic (exact) mass is 309 g/mol. The summed E-state index contributed by atoms with van der Waals surface area (Å²) in [5, 5.41) is 0. The quantitative estimate of drug-likeness (QED) is 0.755. The highest BCUT2D eigenvalue weighted by Gasteiger charge is 2.48. The lowest BCUT2D eigenvalue weighted by Gasteiger charge is -2.44. The van der Waals surface area contributed by atoms with Crippen LogP contribution in [0.25, 0.3) is 0 Å². The Morgan fingerprint density at radius 2 is 2.00 bits per heavy atom. The van der Waals surface area contributed by atoms with E-state index in [1.54, 1.807) is 11.8 Å². The van der Waals surface area contributed by atoms with Crippen LogP contribution in [0.15, 0.2) is 30.3 Å². The van der Waals surface area contributed by atoms with Crippen molar-refractivity contribution in [2.75, 3.05) is 13.2 Å². The van der Waals surface area contributed by atoms with E-state index >= 15 is 0 Å². The molecule has 1 aliphatic rings. The lowest BCUT2D eigenvalue weighted by molar-refractivity contribution is -0.116. The summed E-state index contributed by atoms with van der Waals surface area (Å²) < 4.78 is 6.95. The molecule has 1 aliphatic heterocycles. The zero-order valence-electron chi connectivity index (χ0n) is 12.7. The van der Waals surface area contributed by atoms with Gasteiger partial charge in [0.15, 0.2) is 0 Å². The van der Waals surface area contributed by atoms with Crippen LogP contribution in [0.2, 0.25) is 0 Å². The van der Waals surface area contributed by atoms with Crippen molar-refractivity contribution >= 4 is 28.3 Å². The third kappa shape index (κ3) is 3.18. The fourth-order valence-electron chi connectivity index (χ4n) is 2.31. The largest absolute Gasteiger partial charge is 0.354 e. The van der Waals surface area contributed by atoms with Crippen molar-refractivity contribution in [3.8, 4) is 0 Å². The Morgan fingerprint density at radius 1 is 1.35 bits per heavy atom. The molecule has 110 valence electrons. The smallest absolute Gasteiger partial charge is 0.144 e. The van der Waals surface area contributed by atoms with Crippen molar-refractivity contribution in [2.24, 2.45) is 5.41 Å². The van der Waals surface area contributed by atoms with Gasteiger partial charge in [0.2, 0.25) is 0 Å². The summed E-state index contributed by atoms with van der Waals surface area (Å²) in [4.78, 5) is 2.25. The van der Waals surface area contributed by atoms with E-state index in [-0.39, 0.29) is 11.1 Å². The fraction of sp³-hybridized carbons (Fsp3) is 0.562. The van der Waals surface area contributed by atoms with Gasteiger partial charge in [0.1, 0.15) is 10.0 Å². The van der Waals surface area contributed by atoms with E-state index in [0.29, 0.717) is 0 Å². The molecule has 0 N–H and O–H groups in total. The van der Waals surface area contributed by atoms with Crippen LogP contribution >= 0.6 is 24.0 Å². The number of ether oxygens (including phenoxy) is 1. The van der Waals surface area contributed by atoms with Crippen molar-refractivity contribution in [3.63, 3.8) is 0 Å². The Labute approximate surface area is 131 Å². The van der Waals surface area contributed by atoms with Crippen molar-refractivity contribution in [2.45, 2.75) is 39.2 Å². The van der Waals surface area contributed by atoms with Gasteiger partial charge in [0.25, 0.3) is 0 Å². The van der Waals surface area contributed by atoms with E-state index in [2.05, 4.69) is 56.9 Å². The second kappa shape index (κ2) is 6.04. The first kappa shape index (κ1) is 15.8. The molecule has 2 rings (SSSR count). The van der Waals surface area contributed by atoms with Crippen LogP contribution in [-0.4, -0.2) is 28.1 Å². The lowest BCUT2D eigenvalue weighted by atomic mass is 9.83. The van der Waals surface area contributed by atoms with Crippen LogP contribution in [-0.2, 0) is 10.5 Å². The topological polar surface area (TPSA) is 12.5 Å². The minimum atomic E-state index is -0.312. The lowest BCUT2D eigenvalue weighted by Crippen LogP contribution is -2.53. The molecular weight excluding hydrogens is 286 g/mol. The number of hydrogen-bond donors (Lipinski definition) is 0. The van der Waals surface area contributed by atoms with Gasteiger partial charge in [0.05, 0.1) is 6.61 Å². The molecular formula is C16H23NOS2. The number of thioether (sulfide) groups is 1. The molecule has 2 nitrogen and oxygen atoms in total. The molecule has 4 heteroatoms. The van der Waals surface area contributed by atoms with Crippen molar-refractivity contribution < 1.29 is 4.74 Å². The molecule has 1 aromatic rings. The third-order valence-corrected chi connectivity index (χ3v) is 5.55. The molecule has 1 saturated heterocycles. The van der Waals surface area contributed by atoms with Crippen molar-refractivity contribution in [3.05, 3.63) is 35.9 Å². The summed E-state index contributed by atoms with van der Waals surface area (Å²) in [5.41, 5.74) is 1.02. The third-order valence-electron chi connectivity index (χ3n) is 4.03. The van der Waals surface area contributed by atoms with Crippen LogP contribution in [0.3, 0.4) is 0 Å². The van der Waals surface area contributed by atoms with Gasteiger partial charge in [-0.2, -0.15) is 0 Å². The molecule has 1 heterocycles. The molecule has 0 aliphatic carbocycles. The maximum Gasteiger partial charge on any atom is 0.144 e. The van der Waals surface area contributed by atoms with Crippen LogP contribution in [0, 0.1) is 5.41 Å². The molecule has 0 aromatic heterocycles. The number of nitrogens with zero attached hydrogens (tertiary/aromatic N) is 1. The molecule has 0 amide bonds. The first-order valence-electron chi connectivity index (χ1n) is 6.97. The van der Waals surface area contributed by atoms with E-state index in [1.807, 2.05) is 6.07 Å². The molecule has 1 atom stereocenters. The molecule has 0 saturated carbocycles. The van der Waals surface area contributed by atoms with Gasteiger partial charge >= 0.3 is 0 Å². The van der Waals surface area contributed by atoms with Gasteiger partial charge in [-0.3, -0.25) is 0 Å². The fourth-order valence-corrected chi connectivity index (χ4v) is 3.66. The summed E-state index contributed by atoms with van der Waals surface area (Å²) in [7, 11) is 0. The molecule has 1 fully saturated rings. The van der Waals surface area contributed by atoms with Gasteiger partial charge in [-0.15, -0.1) is 0 Å². The van der Waals surface area contributed by atoms with Gasteiger partial charge < -0.3 is 9.64 Å². The standard InChI is InChI=1S/C16H23NOS2/c1-15(2,3)16(4)17(10-11-18-16)14(19)20-12-13-8-6-5-7-9-13/h5-9H,10-12H2,1-4H3. The van der Waals surface area contributed by atoms with Crippen molar-refractivity contribution in [1.29, 1.82) is 0 Å². The number of benzene rings is 1. The second-order valence-corrected chi connectivity index (χ2v) is 7.88. The Bertz CT molecular complexity index is 469. The summed E-state index contributed by atoms with van der Waals surface area (Å²) in [6.45, 7) is 10.4. The Balaban J connectivity index is 2.02. The SMILES string of the molecule is CC(C)(C)C1(C)OCCN1C(=S)SCc1ccccc1. The predicted molar refractivity (Wildman–Crippen MR) is 90.9 cm³/mol. The molecule has 20 heavy (non-hydrogen) atoms. The minimum absolute atomic E-state index is 0.0286. The molecule has 1 aromatic carbocycles. The average Bonchev–Trinajstić information content (AvgIpc) is 2.80. The van der Waals surface area contributed by atoms with Gasteiger partial charge in [-0.1, -0.05) is 75.1 Å². The minimum Gasteiger partial charge on any atom is -0.354 e. The first-order valence-corrected chi connectivity index (χ1v) is 8.36. The summed E-state index contributed by atoms with van der Waals surface area (Å²) in [6, 6.07) is 10.4. The zero-order chi connectivity index (χ0) is 14.8. The molecule has 0 radical (unpaired) electrons. The van der Waals surface area contributed by atoms with Gasteiger partial charge in [0, 0.05) is 17.7 Å². The van der Waals surface area contributed by atoms with Gasteiger partial charge in [-0.05, 0) is 12.5 Å². The van der Waals surface area contributed by atoms with E-state index in [0.717, 1.165) is 23.2 Å². The maximum absolute atomic E-state index is 6.02. The van der Waals surface area contributed by atoms with Crippen LogP contribution in [0.1, 0.15) is 33.3 Å². The first-order chi connectivity index (χ1) is 9.34. The van der Waals surface area contributed by atoms with E-state index in [1.165, 1.54) is 5.56 Å². The Morgan fingerprint density at radius 3 is 2.60 bits per heavy atom. The molecule has 0 spiro atoms. The van der Waals surface area contributed by atoms with Crippen molar-refractivity contribution in [1.82, 2.24) is 4.90 Å². The van der Waals surface area contributed by atoms with E-state index in [4.69, 9.17) is 17.0 Å². The number of thiocarbonyl (C=S) groups is 1. The van der Waals surface area contributed by atoms with Crippen LogP contribution in [0.5, 0.6) is 0 Å². The number of rotatable bonds is 2. The zero-order valence-corrected chi connectivity index (χ0v) is 14.3. The highest BCUT2D eigenvalue weighted by atomic mass is 32.2. The summed E-state index contributed by atoms with van der Waals surface area (Å²) in [6.07, 6.45) is 0. The second-order valence-electron chi connectivity index (χ2n) is 6.27. The van der Waals surface area contributed by atoms with E-state index < -0.39 is 0 Å². The van der Waals surface area contributed by atoms with E-state index in [9.17, 15) is 0 Å². The Hall–Kier alpha value is -0.580. The maximum atomic E-state index is 6.02. The van der Waals surface area contributed by atoms with Crippen LogP contribution < -0.4 is 0 Å². The highest BCUT2D eigenvalue weighted by molar-refractivity contribution is 8.22. The number of hydrogen-bond acceptors (Lipinski definition) is 3. The average molecular weight is 310 g/mol. The predicted octanol–water partition coefficient (Wildman–Crippen LogP) is 4.30. The molecule has 0 bridgehead atoms. The van der Waals surface area contributed by atoms with Crippen LogP contribution in [0.4, 0.5) is 0 Å². The highest BCUT2D eigenvalue weighted by Crippen LogP contribution is 2.41. The molecule has 1 unspecified atom stereocenters.